The first-order chi connectivity index (χ1) is 7.34. The molecule has 0 saturated carbocycles. The highest BCUT2D eigenvalue weighted by atomic mass is 32.2. The second-order valence-electron chi connectivity index (χ2n) is 2.91. The molecule has 0 spiro atoms. The van der Waals surface area contributed by atoms with Crippen LogP contribution in [0.3, 0.4) is 0 Å². The van der Waals surface area contributed by atoms with E-state index >= 15 is 0 Å². The van der Waals surface area contributed by atoms with Crippen LogP contribution in [0.5, 0.6) is 0 Å². The third-order valence-electron chi connectivity index (χ3n) is 1.75. The molecular formula is C9H6O6S-2. The van der Waals surface area contributed by atoms with E-state index in [4.69, 9.17) is 0 Å². The largest absolute Gasteiger partial charge is 0.549 e. The van der Waals surface area contributed by atoms with Crippen LogP contribution in [0, 0.1) is 0 Å². The first-order valence-corrected chi connectivity index (χ1v) is 5.73. The third-order valence-corrected chi connectivity index (χ3v) is 3.39. The summed E-state index contributed by atoms with van der Waals surface area (Å²) in [6.45, 7) is 0. The minimum Gasteiger partial charge on any atom is -0.549 e. The number of benzene rings is 1. The lowest BCUT2D eigenvalue weighted by atomic mass is 10.2. The number of hydrogen-bond acceptors (Lipinski definition) is 6. The predicted octanol–water partition coefficient (Wildman–Crippen LogP) is -2.43. The maximum Gasteiger partial charge on any atom is 0.184 e. The Morgan fingerprint density at radius 2 is 1.69 bits per heavy atom. The van der Waals surface area contributed by atoms with Crippen molar-refractivity contribution in [3.63, 3.8) is 0 Å². The van der Waals surface area contributed by atoms with Crippen molar-refractivity contribution >= 4 is 21.8 Å². The molecule has 86 valence electrons. The molecule has 0 saturated heterocycles. The number of carboxylic acid groups (broad SMARTS) is 2. The van der Waals surface area contributed by atoms with Crippen LogP contribution in [0.25, 0.3) is 0 Å². The highest BCUT2D eigenvalue weighted by molar-refractivity contribution is 7.92. The summed E-state index contributed by atoms with van der Waals surface area (Å²) in [5.74, 6) is -4.75. The predicted molar refractivity (Wildman–Crippen MR) is 47.8 cm³/mol. The Labute approximate surface area is 91.1 Å². The van der Waals surface area contributed by atoms with Gasteiger partial charge in [-0.25, -0.2) is 8.42 Å². The molecule has 7 heteroatoms. The summed E-state index contributed by atoms with van der Waals surface area (Å²) in [7, 11) is -4.22. The van der Waals surface area contributed by atoms with E-state index in [1.807, 2.05) is 0 Å². The Morgan fingerprint density at radius 1 is 1.12 bits per heavy atom. The van der Waals surface area contributed by atoms with Crippen molar-refractivity contribution in [3.05, 3.63) is 29.8 Å². The monoisotopic (exact) mass is 242 g/mol. The molecule has 0 aliphatic heterocycles. The van der Waals surface area contributed by atoms with Crippen LogP contribution in [0.1, 0.15) is 10.4 Å². The molecule has 1 rings (SSSR count). The van der Waals surface area contributed by atoms with Crippen LogP contribution < -0.4 is 10.2 Å². The van der Waals surface area contributed by atoms with Crippen molar-refractivity contribution in [1.29, 1.82) is 0 Å². The summed E-state index contributed by atoms with van der Waals surface area (Å²) in [5, 5.41) is 20.8. The zero-order valence-electron chi connectivity index (χ0n) is 7.87. The molecule has 0 aromatic heterocycles. The van der Waals surface area contributed by atoms with Gasteiger partial charge in [-0.15, -0.1) is 0 Å². The van der Waals surface area contributed by atoms with Gasteiger partial charge in [-0.05, 0) is 6.07 Å². The van der Waals surface area contributed by atoms with Crippen LogP contribution >= 0.6 is 0 Å². The van der Waals surface area contributed by atoms with E-state index in [1.165, 1.54) is 12.1 Å². The number of carboxylic acids is 2. The van der Waals surface area contributed by atoms with Crippen molar-refractivity contribution in [2.24, 2.45) is 0 Å². The molecule has 0 unspecified atom stereocenters. The van der Waals surface area contributed by atoms with Crippen molar-refractivity contribution < 1.29 is 28.2 Å². The minimum absolute atomic E-state index is 0.566. The van der Waals surface area contributed by atoms with Crippen LogP contribution in [0.2, 0.25) is 0 Å². The fourth-order valence-corrected chi connectivity index (χ4v) is 2.38. The van der Waals surface area contributed by atoms with Gasteiger partial charge in [-0.1, -0.05) is 18.2 Å². The lowest BCUT2D eigenvalue weighted by molar-refractivity contribution is -0.301. The summed E-state index contributed by atoms with van der Waals surface area (Å²) >= 11 is 0. The van der Waals surface area contributed by atoms with Gasteiger partial charge in [-0.2, -0.15) is 0 Å². The molecule has 0 amide bonds. The Hall–Kier alpha value is -1.89. The zero-order chi connectivity index (χ0) is 12.3. The Balaban J connectivity index is 3.33. The maximum atomic E-state index is 11.5. The number of carbonyl (C=O) groups is 2. The van der Waals surface area contributed by atoms with Gasteiger partial charge in [0.05, 0.1) is 22.6 Å². The molecule has 0 aliphatic rings. The normalized spacial score (nSPS) is 11.0. The van der Waals surface area contributed by atoms with Crippen molar-refractivity contribution in [3.8, 4) is 0 Å². The molecule has 0 N–H and O–H groups in total. The van der Waals surface area contributed by atoms with Gasteiger partial charge < -0.3 is 19.8 Å². The van der Waals surface area contributed by atoms with E-state index in [2.05, 4.69) is 0 Å². The maximum absolute atomic E-state index is 11.5. The van der Waals surface area contributed by atoms with Crippen LogP contribution in [0.4, 0.5) is 0 Å². The number of rotatable bonds is 4. The van der Waals surface area contributed by atoms with Gasteiger partial charge >= 0.3 is 0 Å². The van der Waals surface area contributed by atoms with Gasteiger partial charge in [0.25, 0.3) is 0 Å². The molecule has 0 fully saturated rings. The quantitative estimate of drug-likeness (QED) is 0.580. The van der Waals surface area contributed by atoms with Gasteiger partial charge in [-0.3, -0.25) is 0 Å². The van der Waals surface area contributed by atoms with E-state index in [0.29, 0.717) is 0 Å². The molecule has 1 aromatic carbocycles. The molecule has 6 nitrogen and oxygen atoms in total. The standard InChI is InChI=1S/C9H8O6S/c10-8(11)5-16(14,15)7-4-2-1-3-6(7)9(12)13/h1-4H,5H2,(H,10,11)(H,12,13)/p-2. The molecule has 16 heavy (non-hydrogen) atoms. The van der Waals surface area contributed by atoms with E-state index in [1.54, 1.807) is 0 Å². The average Bonchev–Trinajstić information content (AvgIpc) is 2.15. The average molecular weight is 242 g/mol. The Bertz CT molecular complexity index is 531. The number of sulfone groups is 1. The molecule has 0 heterocycles. The molecule has 0 radical (unpaired) electrons. The van der Waals surface area contributed by atoms with Crippen LogP contribution in [-0.4, -0.2) is 26.1 Å². The van der Waals surface area contributed by atoms with E-state index in [9.17, 15) is 28.2 Å². The number of carbonyl (C=O) groups excluding carboxylic acids is 2. The van der Waals surface area contributed by atoms with Gasteiger partial charge in [0, 0.05) is 5.56 Å². The van der Waals surface area contributed by atoms with Crippen molar-refractivity contribution in [1.82, 2.24) is 0 Å². The minimum atomic E-state index is -4.22. The highest BCUT2D eigenvalue weighted by Gasteiger charge is 2.18. The zero-order valence-corrected chi connectivity index (χ0v) is 8.69. The topological polar surface area (TPSA) is 114 Å². The van der Waals surface area contributed by atoms with E-state index in [-0.39, 0.29) is 0 Å². The lowest BCUT2D eigenvalue weighted by Crippen LogP contribution is -2.32. The number of aromatic carboxylic acids is 1. The SMILES string of the molecule is O=C([O-])CS(=O)(=O)c1ccccc1C(=O)[O-]. The number of aliphatic carboxylic acids is 1. The third kappa shape index (κ3) is 2.57. The molecule has 0 atom stereocenters. The molecule has 0 bridgehead atoms. The van der Waals surface area contributed by atoms with Crippen LogP contribution in [0.15, 0.2) is 29.2 Å². The van der Waals surface area contributed by atoms with E-state index in [0.717, 1.165) is 12.1 Å². The van der Waals surface area contributed by atoms with Crippen LogP contribution in [-0.2, 0) is 14.6 Å². The fraction of sp³-hybridized carbons (Fsp3) is 0.111. The summed E-state index contributed by atoms with van der Waals surface area (Å²) in [4.78, 5) is 20.2. The first kappa shape index (κ1) is 12.2. The molecule has 0 aliphatic carbocycles. The summed E-state index contributed by atoms with van der Waals surface area (Å²) in [6.07, 6.45) is 0. The summed E-state index contributed by atoms with van der Waals surface area (Å²) < 4.78 is 22.9. The smallest absolute Gasteiger partial charge is 0.184 e. The van der Waals surface area contributed by atoms with Crippen molar-refractivity contribution in [2.45, 2.75) is 4.90 Å². The van der Waals surface area contributed by atoms with Gasteiger partial charge in [0.2, 0.25) is 0 Å². The summed E-state index contributed by atoms with van der Waals surface area (Å²) in [5.41, 5.74) is -0.566. The lowest BCUT2D eigenvalue weighted by Gasteiger charge is -2.11. The molecular weight excluding hydrogens is 236 g/mol. The van der Waals surface area contributed by atoms with Crippen molar-refractivity contribution in [2.75, 3.05) is 5.75 Å². The van der Waals surface area contributed by atoms with Gasteiger partial charge in [0.1, 0.15) is 0 Å². The number of hydrogen-bond donors (Lipinski definition) is 0. The van der Waals surface area contributed by atoms with Gasteiger partial charge in [0.15, 0.2) is 9.84 Å². The molecule has 1 aromatic rings. The van der Waals surface area contributed by atoms with E-state index < -0.39 is 38.0 Å². The Morgan fingerprint density at radius 3 is 2.19 bits per heavy atom. The fourth-order valence-electron chi connectivity index (χ4n) is 1.14. The second-order valence-corrected chi connectivity index (χ2v) is 4.87. The summed E-state index contributed by atoms with van der Waals surface area (Å²) in [6, 6.07) is 4.62. The Kier molecular flexibility index (Phi) is 3.28. The highest BCUT2D eigenvalue weighted by Crippen LogP contribution is 2.16. The first-order valence-electron chi connectivity index (χ1n) is 4.07. The second kappa shape index (κ2) is 4.31.